The second-order valence-electron chi connectivity index (χ2n) is 3.99. The highest BCUT2D eigenvalue weighted by atomic mass is 127. The monoisotopic (exact) mass is 377 g/mol. The third-order valence-electron chi connectivity index (χ3n) is 2.94. The van der Waals surface area contributed by atoms with Gasteiger partial charge in [-0.15, -0.1) is 0 Å². The molecule has 17 heavy (non-hydrogen) atoms. The zero-order chi connectivity index (χ0) is 11.8. The standard InChI is InChI=1S/C11H12IN3S2/c12-10-7-15(16)11-9(10)5-8(6-13-11)14-1-3-17-4-2-14/h5-7,16H,1-4H2. The Bertz CT molecular complexity index is 549. The summed E-state index contributed by atoms with van der Waals surface area (Å²) in [7, 11) is 0. The first-order valence-corrected chi connectivity index (χ1v) is 8.07. The highest BCUT2D eigenvalue weighted by molar-refractivity contribution is 14.1. The predicted octanol–water partition coefficient (Wildman–Crippen LogP) is 2.89. The van der Waals surface area contributed by atoms with Gasteiger partial charge in [-0.3, -0.25) is 3.97 Å². The molecule has 0 bridgehead atoms. The summed E-state index contributed by atoms with van der Waals surface area (Å²) < 4.78 is 2.99. The van der Waals surface area contributed by atoms with E-state index in [0.29, 0.717) is 0 Å². The Morgan fingerprint density at radius 2 is 2.12 bits per heavy atom. The number of rotatable bonds is 1. The third-order valence-corrected chi connectivity index (χ3v) is 5.05. The van der Waals surface area contributed by atoms with Crippen molar-refractivity contribution in [3.63, 3.8) is 0 Å². The van der Waals surface area contributed by atoms with E-state index < -0.39 is 0 Å². The van der Waals surface area contributed by atoms with Gasteiger partial charge < -0.3 is 4.90 Å². The molecule has 6 heteroatoms. The molecule has 1 fully saturated rings. The molecule has 0 unspecified atom stereocenters. The van der Waals surface area contributed by atoms with Gasteiger partial charge in [0.05, 0.1) is 11.9 Å². The molecular formula is C11H12IN3S2. The number of aromatic nitrogens is 2. The van der Waals surface area contributed by atoms with Crippen molar-refractivity contribution in [1.29, 1.82) is 0 Å². The van der Waals surface area contributed by atoms with Crippen molar-refractivity contribution in [3.05, 3.63) is 22.0 Å². The van der Waals surface area contributed by atoms with Crippen LogP contribution in [0.4, 0.5) is 5.69 Å². The van der Waals surface area contributed by atoms with Crippen LogP contribution >= 0.6 is 47.2 Å². The summed E-state index contributed by atoms with van der Waals surface area (Å²) in [6.07, 6.45) is 3.96. The second kappa shape index (κ2) is 4.89. The number of pyridine rings is 1. The van der Waals surface area contributed by atoms with Crippen LogP contribution in [0.25, 0.3) is 11.0 Å². The average Bonchev–Trinajstić information content (AvgIpc) is 2.66. The van der Waals surface area contributed by atoms with Crippen LogP contribution in [-0.4, -0.2) is 33.6 Å². The zero-order valence-corrected chi connectivity index (χ0v) is 13.0. The van der Waals surface area contributed by atoms with Gasteiger partial charge in [-0.2, -0.15) is 11.8 Å². The van der Waals surface area contributed by atoms with Gasteiger partial charge >= 0.3 is 0 Å². The molecule has 3 rings (SSSR count). The molecule has 1 saturated heterocycles. The van der Waals surface area contributed by atoms with Gasteiger partial charge in [0.15, 0.2) is 5.65 Å². The average molecular weight is 377 g/mol. The first-order valence-electron chi connectivity index (χ1n) is 5.44. The van der Waals surface area contributed by atoms with Crippen LogP contribution in [0.1, 0.15) is 0 Å². The Morgan fingerprint density at radius 1 is 1.35 bits per heavy atom. The normalized spacial score (nSPS) is 16.7. The molecule has 0 aromatic carbocycles. The maximum absolute atomic E-state index is 4.51. The molecule has 2 aromatic rings. The highest BCUT2D eigenvalue weighted by Crippen LogP contribution is 2.27. The molecule has 0 amide bonds. The predicted molar refractivity (Wildman–Crippen MR) is 86.4 cm³/mol. The van der Waals surface area contributed by atoms with Crippen LogP contribution in [0.3, 0.4) is 0 Å². The van der Waals surface area contributed by atoms with Crippen molar-refractivity contribution >= 4 is 63.9 Å². The molecule has 1 aliphatic heterocycles. The van der Waals surface area contributed by atoms with E-state index in [4.69, 9.17) is 0 Å². The maximum Gasteiger partial charge on any atom is 0.150 e. The SMILES string of the molecule is Sn1cc(I)c2cc(N3CCSCC3)cnc21. The molecule has 0 N–H and O–H groups in total. The Morgan fingerprint density at radius 3 is 2.88 bits per heavy atom. The molecular weight excluding hydrogens is 365 g/mol. The number of nitrogens with zero attached hydrogens (tertiary/aromatic N) is 3. The number of hydrogen-bond donors (Lipinski definition) is 1. The fourth-order valence-electron chi connectivity index (χ4n) is 2.04. The number of halogens is 1. The van der Waals surface area contributed by atoms with Crippen molar-refractivity contribution in [2.45, 2.75) is 0 Å². The second-order valence-corrected chi connectivity index (χ2v) is 6.80. The van der Waals surface area contributed by atoms with Crippen LogP contribution in [0.2, 0.25) is 0 Å². The van der Waals surface area contributed by atoms with Gasteiger partial charge in [0.2, 0.25) is 0 Å². The van der Waals surface area contributed by atoms with Gasteiger partial charge in [-0.25, -0.2) is 4.98 Å². The van der Waals surface area contributed by atoms with E-state index in [0.717, 1.165) is 18.7 Å². The summed E-state index contributed by atoms with van der Waals surface area (Å²) in [5.74, 6) is 2.42. The van der Waals surface area contributed by atoms with E-state index in [1.165, 1.54) is 26.1 Å². The Hall–Kier alpha value is -0.0800. The molecule has 1 aliphatic rings. The third kappa shape index (κ3) is 2.26. The number of thiol groups is 1. The Labute approximate surface area is 124 Å². The molecule has 0 saturated carbocycles. The zero-order valence-electron chi connectivity index (χ0n) is 9.14. The quantitative estimate of drug-likeness (QED) is 0.610. The minimum Gasteiger partial charge on any atom is -0.369 e. The number of fused-ring (bicyclic) bond motifs is 1. The summed E-state index contributed by atoms with van der Waals surface area (Å²) >= 11 is 8.72. The van der Waals surface area contributed by atoms with Crippen molar-refractivity contribution in [2.24, 2.45) is 0 Å². The van der Waals surface area contributed by atoms with Crippen LogP contribution in [0.15, 0.2) is 18.5 Å². The Kier molecular flexibility index (Phi) is 3.45. The molecule has 3 heterocycles. The summed E-state index contributed by atoms with van der Waals surface area (Å²) in [5, 5.41) is 1.19. The van der Waals surface area contributed by atoms with Crippen molar-refractivity contribution < 1.29 is 0 Å². The van der Waals surface area contributed by atoms with Crippen molar-refractivity contribution in [3.8, 4) is 0 Å². The van der Waals surface area contributed by atoms with E-state index in [1.54, 1.807) is 3.97 Å². The fourth-order valence-corrected chi connectivity index (χ4v) is 4.11. The van der Waals surface area contributed by atoms with Crippen molar-refractivity contribution in [2.75, 3.05) is 29.5 Å². The van der Waals surface area contributed by atoms with E-state index in [1.807, 2.05) is 24.2 Å². The molecule has 2 aromatic heterocycles. The summed E-state index contributed by atoms with van der Waals surface area (Å²) in [5.41, 5.74) is 2.17. The molecule has 90 valence electrons. The topological polar surface area (TPSA) is 21.1 Å². The van der Waals surface area contributed by atoms with Gasteiger partial charge in [-0.05, 0) is 28.7 Å². The van der Waals surface area contributed by atoms with E-state index in [9.17, 15) is 0 Å². The van der Waals surface area contributed by atoms with Crippen LogP contribution < -0.4 is 4.90 Å². The minimum atomic E-state index is 0.938. The van der Waals surface area contributed by atoms with E-state index in [2.05, 4.69) is 51.4 Å². The van der Waals surface area contributed by atoms with E-state index in [-0.39, 0.29) is 0 Å². The largest absolute Gasteiger partial charge is 0.369 e. The summed E-state index contributed by atoms with van der Waals surface area (Å²) in [6, 6.07) is 2.23. The Balaban J connectivity index is 2.03. The first kappa shape index (κ1) is 12.0. The lowest BCUT2D eigenvalue weighted by atomic mass is 10.3. The molecule has 0 atom stereocenters. The lowest BCUT2D eigenvalue weighted by Crippen LogP contribution is -2.32. The van der Waals surface area contributed by atoms with Crippen LogP contribution in [0, 0.1) is 3.57 Å². The van der Waals surface area contributed by atoms with Gasteiger partial charge in [0.25, 0.3) is 0 Å². The van der Waals surface area contributed by atoms with Crippen LogP contribution in [0.5, 0.6) is 0 Å². The summed E-state index contributed by atoms with van der Waals surface area (Å²) in [4.78, 5) is 6.92. The van der Waals surface area contributed by atoms with Gasteiger partial charge in [0, 0.05) is 39.7 Å². The molecule has 0 aliphatic carbocycles. The van der Waals surface area contributed by atoms with Crippen molar-refractivity contribution in [1.82, 2.24) is 8.96 Å². The number of hydrogen-bond acceptors (Lipinski definition) is 4. The molecule has 0 spiro atoms. The van der Waals surface area contributed by atoms with Crippen LogP contribution in [-0.2, 0) is 0 Å². The smallest absolute Gasteiger partial charge is 0.150 e. The lowest BCUT2D eigenvalue weighted by molar-refractivity contribution is 0.856. The maximum atomic E-state index is 4.51. The molecule has 3 nitrogen and oxygen atoms in total. The first-order chi connectivity index (χ1) is 8.25. The highest BCUT2D eigenvalue weighted by Gasteiger charge is 2.14. The lowest BCUT2D eigenvalue weighted by Gasteiger charge is -2.28. The van der Waals surface area contributed by atoms with E-state index >= 15 is 0 Å². The van der Waals surface area contributed by atoms with Gasteiger partial charge in [0.1, 0.15) is 0 Å². The summed E-state index contributed by atoms with van der Waals surface area (Å²) in [6.45, 7) is 2.24. The fraction of sp³-hybridized carbons (Fsp3) is 0.364. The van der Waals surface area contributed by atoms with Gasteiger partial charge in [-0.1, -0.05) is 12.8 Å². The number of thioether (sulfide) groups is 1. The minimum absolute atomic E-state index is 0.938. The number of anilines is 1. The molecule has 0 radical (unpaired) electrons.